The van der Waals surface area contributed by atoms with E-state index in [-0.39, 0.29) is 30.1 Å². The summed E-state index contributed by atoms with van der Waals surface area (Å²) in [5.74, 6) is 0.226. The van der Waals surface area contributed by atoms with Crippen LogP contribution in [0.4, 0.5) is 17.1 Å². The monoisotopic (exact) mass is 525 g/mol. The molecule has 0 saturated carbocycles. The summed E-state index contributed by atoms with van der Waals surface area (Å²) in [6.45, 7) is 9.12. The maximum absolute atomic E-state index is 13.8. The standard InChI is InChI=1S/C30H42N4O2.ClH/c1-4-8-25(9-5-2)30(36)31-26-15-14-24-13-12-23-10-6-7-11-27(23)34(28(24)22-26)29(35)16-17-33-20-18-32(3)19-21-33;/h6-7,10-11,14-15,22,25H,4-5,8-9,12-13,16-21H2,1-3H3,(H,31,36);1H/p-1. The number of rotatable bonds is 9. The Morgan fingerprint density at radius 3 is 2.22 bits per heavy atom. The van der Waals surface area contributed by atoms with E-state index in [0.717, 1.165) is 93.9 Å². The molecule has 1 N–H and O–H groups in total. The van der Waals surface area contributed by atoms with Gasteiger partial charge in [0.2, 0.25) is 11.8 Å². The number of amides is 2. The minimum Gasteiger partial charge on any atom is -1.00 e. The molecule has 1 saturated heterocycles. The highest BCUT2D eigenvalue weighted by molar-refractivity contribution is 6.03. The van der Waals surface area contributed by atoms with Crippen LogP contribution >= 0.6 is 0 Å². The summed E-state index contributed by atoms with van der Waals surface area (Å²) < 4.78 is 0. The number of benzene rings is 2. The number of carbonyl (C=O) groups excluding carboxylic acids is 2. The molecule has 0 spiro atoms. The van der Waals surface area contributed by atoms with Crippen molar-refractivity contribution in [2.75, 3.05) is 50.0 Å². The highest BCUT2D eigenvalue weighted by Gasteiger charge is 2.27. The first kappa shape index (κ1) is 29.2. The van der Waals surface area contributed by atoms with E-state index in [0.29, 0.717) is 6.42 Å². The van der Waals surface area contributed by atoms with Crippen LogP contribution in [0, 0.1) is 5.92 Å². The number of halogens is 1. The molecule has 2 aliphatic heterocycles. The number of anilines is 3. The lowest BCUT2D eigenvalue weighted by Gasteiger charge is -2.33. The van der Waals surface area contributed by atoms with Crippen LogP contribution in [0.5, 0.6) is 0 Å². The third-order valence-corrected chi connectivity index (χ3v) is 7.62. The van der Waals surface area contributed by atoms with Gasteiger partial charge in [0.05, 0.1) is 11.4 Å². The fourth-order valence-corrected chi connectivity index (χ4v) is 5.45. The van der Waals surface area contributed by atoms with Crippen LogP contribution in [0.3, 0.4) is 0 Å². The molecule has 37 heavy (non-hydrogen) atoms. The van der Waals surface area contributed by atoms with E-state index < -0.39 is 0 Å². The van der Waals surface area contributed by atoms with Gasteiger partial charge in [0.15, 0.2) is 0 Å². The van der Waals surface area contributed by atoms with Gasteiger partial charge in [-0.1, -0.05) is 51.0 Å². The Morgan fingerprint density at radius 1 is 0.892 bits per heavy atom. The lowest BCUT2D eigenvalue weighted by Crippen LogP contribution is -3.00. The van der Waals surface area contributed by atoms with Crippen molar-refractivity contribution in [1.82, 2.24) is 9.80 Å². The van der Waals surface area contributed by atoms with Crippen LogP contribution in [0.25, 0.3) is 0 Å². The third-order valence-electron chi connectivity index (χ3n) is 7.62. The summed E-state index contributed by atoms with van der Waals surface area (Å²) >= 11 is 0. The SMILES string of the molecule is CCCC(CCC)C(=O)Nc1ccc2c(c1)N(C(=O)CCN1CCN(C)CC1)c1ccccc1CC2.[Cl-]. The minimum absolute atomic E-state index is 0. The first-order chi connectivity index (χ1) is 17.5. The van der Waals surface area contributed by atoms with E-state index in [1.165, 1.54) is 5.56 Å². The molecule has 0 aromatic heterocycles. The topological polar surface area (TPSA) is 55.9 Å². The second-order valence-corrected chi connectivity index (χ2v) is 10.4. The minimum atomic E-state index is 0. The van der Waals surface area contributed by atoms with E-state index in [9.17, 15) is 9.59 Å². The predicted molar refractivity (Wildman–Crippen MR) is 148 cm³/mol. The van der Waals surface area contributed by atoms with Gasteiger partial charge in [0.1, 0.15) is 0 Å². The van der Waals surface area contributed by atoms with Gasteiger partial charge in [-0.25, -0.2) is 0 Å². The number of fused-ring (bicyclic) bond motifs is 2. The molecule has 2 amide bonds. The van der Waals surface area contributed by atoms with E-state index >= 15 is 0 Å². The number of para-hydroxylation sites is 1. The molecule has 0 radical (unpaired) electrons. The molecule has 4 rings (SSSR count). The van der Waals surface area contributed by atoms with Gasteiger partial charge >= 0.3 is 0 Å². The molecule has 1 fully saturated rings. The molecule has 0 atom stereocenters. The Morgan fingerprint density at radius 2 is 1.54 bits per heavy atom. The zero-order valence-electron chi connectivity index (χ0n) is 22.6. The molecule has 2 aromatic carbocycles. The average Bonchev–Trinajstić information content (AvgIpc) is 3.04. The zero-order chi connectivity index (χ0) is 25.5. The van der Waals surface area contributed by atoms with Crippen molar-refractivity contribution in [3.63, 3.8) is 0 Å². The molecular weight excluding hydrogens is 484 g/mol. The van der Waals surface area contributed by atoms with Crippen LogP contribution in [-0.4, -0.2) is 61.4 Å². The number of aryl methyl sites for hydroxylation is 2. The Hall–Kier alpha value is -2.41. The van der Waals surface area contributed by atoms with Gasteiger partial charge in [-0.15, -0.1) is 0 Å². The normalized spacial score (nSPS) is 15.9. The Bertz CT molecular complexity index is 1050. The molecular formula is C30H42ClN4O2-. The van der Waals surface area contributed by atoms with Gasteiger partial charge in [-0.3, -0.25) is 14.5 Å². The second-order valence-electron chi connectivity index (χ2n) is 10.4. The second kappa shape index (κ2) is 13.9. The lowest BCUT2D eigenvalue weighted by atomic mass is 9.97. The highest BCUT2D eigenvalue weighted by Crippen LogP contribution is 2.38. The van der Waals surface area contributed by atoms with Gasteiger partial charge < -0.3 is 27.5 Å². The van der Waals surface area contributed by atoms with Crippen LogP contribution in [0.15, 0.2) is 42.5 Å². The maximum Gasteiger partial charge on any atom is 0.232 e. The van der Waals surface area contributed by atoms with Gasteiger partial charge in [-0.05, 0) is 62.1 Å². The van der Waals surface area contributed by atoms with Gasteiger partial charge in [0.25, 0.3) is 0 Å². The predicted octanol–water partition coefficient (Wildman–Crippen LogP) is 2.25. The summed E-state index contributed by atoms with van der Waals surface area (Å²) in [7, 11) is 2.15. The van der Waals surface area contributed by atoms with Crippen molar-refractivity contribution >= 4 is 28.9 Å². The molecule has 2 aliphatic rings. The van der Waals surface area contributed by atoms with Crippen molar-refractivity contribution in [1.29, 1.82) is 0 Å². The molecule has 0 bridgehead atoms. The highest BCUT2D eigenvalue weighted by atomic mass is 35.5. The van der Waals surface area contributed by atoms with E-state index in [4.69, 9.17) is 0 Å². The Labute approximate surface area is 228 Å². The van der Waals surface area contributed by atoms with Crippen LogP contribution in [0.1, 0.15) is 57.1 Å². The van der Waals surface area contributed by atoms with Crippen molar-refractivity contribution in [3.8, 4) is 0 Å². The first-order valence-corrected chi connectivity index (χ1v) is 13.8. The number of hydrogen-bond donors (Lipinski definition) is 1. The Balaban J connectivity index is 0.00000380. The summed E-state index contributed by atoms with van der Waals surface area (Å²) in [6.07, 6.45) is 6.03. The molecule has 0 unspecified atom stereocenters. The van der Waals surface area contributed by atoms with E-state index in [1.54, 1.807) is 0 Å². The molecule has 202 valence electrons. The molecule has 2 heterocycles. The number of nitrogens with zero attached hydrogens (tertiary/aromatic N) is 3. The van der Waals surface area contributed by atoms with Gasteiger partial charge in [0, 0.05) is 50.7 Å². The smallest absolute Gasteiger partial charge is 0.232 e. The zero-order valence-corrected chi connectivity index (χ0v) is 23.4. The molecule has 2 aromatic rings. The number of likely N-dealkylation sites (N-methyl/N-ethyl adjacent to an activating group) is 1. The van der Waals surface area contributed by atoms with Crippen molar-refractivity contribution in [2.24, 2.45) is 5.92 Å². The summed E-state index contributed by atoms with van der Waals surface area (Å²) in [5.41, 5.74) is 4.99. The number of hydrogen-bond acceptors (Lipinski definition) is 4. The van der Waals surface area contributed by atoms with E-state index in [2.05, 4.69) is 60.3 Å². The first-order valence-electron chi connectivity index (χ1n) is 13.8. The average molecular weight is 526 g/mol. The molecule has 6 nitrogen and oxygen atoms in total. The Kier molecular flexibility index (Phi) is 11.0. The summed E-state index contributed by atoms with van der Waals surface area (Å²) in [6, 6.07) is 14.3. The van der Waals surface area contributed by atoms with E-state index in [1.807, 2.05) is 23.1 Å². The van der Waals surface area contributed by atoms with Crippen LogP contribution < -0.4 is 22.6 Å². The molecule has 7 heteroatoms. The largest absolute Gasteiger partial charge is 1.00 e. The van der Waals surface area contributed by atoms with Crippen molar-refractivity contribution in [2.45, 2.75) is 58.8 Å². The van der Waals surface area contributed by atoms with Crippen molar-refractivity contribution in [3.05, 3.63) is 53.6 Å². The lowest BCUT2D eigenvalue weighted by molar-refractivity contribution is -0.120. The van der Waals surface area contributed by atoms with Crippen molar-refractivity contribution < 1.29 is 22.0 Å². The number of piperazine rings is 1. The molecule has 0 aliphatic carbocycles. The third kappa shape index (κ3) is 7.34. The number of nitrogens with one attached hydrogen (secondary N) is 1. The summed E-state index contributed by atoms with van der Waals surface area (Å²) in [4.78, 5) is 33.5. The quantitative estimate of drug-likeness (QED) is 0.545. The summed E-state index contributed by atoms with van der Waals surface area (Å²) in [5, 5.41) is 3.16. The fourth-order valence-electron chi connectivity index (χ4n) is 5.45. The van der Waals surface area contributed by atoms with Crippen LogP contribution in [-0.2, 0) is 22.4 Å². The van der Waals surface area contributed by atoms with Gasteiger partial charge in [-0.2, -0.15) is 0 Å². The fraction of sp³-hybridized carbons (Fsp3) is 0.533. The maximum atomic E-state index is 13.8. The number of carbonyl (C=O) groups is 2. The van der Waals surface area contributed by atoms with Crippen LogP contribution in [0.2, 0.25) is 0 Å².